The van der Waals surface area contributed by atoms with Crippen molar-refractivity contribution in [2.75, 3.05) is 0 Å². The molecule has 0 heterocycles. The van der Waals surface area contributed by atoms with E-state index in [1.54, 1.807) is 24.3 Å². The molecule has 0 amide bonds. The van der Waals surface area contributed by atoms with E-state index < -0.39 is 36.2 Å². The Hall–Kier alpha value is -5.25. The molecule has 7 nitrogen and oxygen atoms in total. The lowest BCUT2D eigenvalue weighted by Gasteiger charge is -2.16. The van der Waals surface area contributed by atoms with Crippen molar-refractivity contribution >= 4 is 17.5 Å². The molecule has 0 fully saturated rings. The highest BCUT2D eigenvalue weighted by Gasteiger charge is 2.34. The molecule has 0 saturated heterocycles. The fraction of sp³-hybridized carbons (Fsp3) is 0.138. The van der Waals surface area contributed by atoms with Gasteiger partial charge < -0.3 is 19.7 Å². The van der Waals surface area contributed by atoms with E-state index in [0.717, 1.165) is 24.6 Å². The van der Waals surface area contributed by atoms with Crippen LogP contribution in [0.25, 0.3) is 16.7 Å². The van der Waals surface area contributed by atoms with Crippen molar-refractivity contribution in [2.45, 2.75) is 25.6 Å². The van der Waals surface area contributed by atoms with Crippen molar-refractivity contribution in [2.24, 2.45) is 0 Å². The second kappa shape index (κ2) is 12.9. The highest BCUT2D eigenvalue weighted by molar-refractivity contribution is 5.90. The van der Waals surface area contributed by atoms with Crippen LogP contribution in [0.15, 0.2) is 78.9 Å². The predicted octanol–water partition coefficient (Wildman–Crippen LogP) is 7.84. The molecule has 1 aliphatic carbocycles. The van der Waals surface area contributed by atoms with Crippen molar-refractivity contribution < 1.29 is 55.6 Å². The number of benzene rings is 3. The molecule has 0 bridgehead atoms. The number of alkyl halides is 6. The molecular weight excluding hydrogens is 572 g/mol. The summed E-state index contributed by atoms with van der Waals surface area (Å²) in [5, 5.41) is 26.8. The number of nitriles is 1. The van der Waals surface area contributed by atoms with Crippen LogP contribution >= 0.6 is 0 Å². The minimum Gasteiger partial charge on any atom is -0.478 e. The zero-order chi connectivity index (χ0) is 31.1. The van der Waals surface area contributed by atoms with Gasteiger partial charge in [0.25, 0.3) is 0 Å². The maximum absolute atomic E-state index is 12.5. The fourth-order valence-electron chi connectivity index (χ4n) is 3.86. The summed E-state index contributed by atoms with van der Waals surface area (Å²) in [6, 6.07) is 14.5. The third-order valence-corrected chi connectivity index (χ3v) is 5.61. The van der Waals surface area contributed by atoms with Gasteiger partial charge in [-0.05, 0) is 54.8 Å². The smallest absolute Gasteiger partial charge is 0.478 e. The average Bonchev–Trinajstić information content (AvgIpc) is 2.92. The van der Waals surface area contributed by atoms with Gasteiger partial charge in [0, 0.05) is 16.7 Å². The molecule has 0 unspecified atom stereocenters. The summed E-state index contributed by atoms with van der Waals surface area (Å²) in [5.74, 6) is -3.85. The zero-order valence-corrected chi connectivity index (χ0v) is 21.2. The summed E-state index contributed by atoms with van der Waals surface area (Å²) in [7, 11) is 0. The Labute approximate surface area is 234 Å². The fourth-order valence-corrected chi connectivity index (χ4v) is 3.86. The van der Waals surface area contributed by atoms with Crippen LogP contribution in [0.1, 0.15) is 44.7 Å². The van der Waals surface area contributed by atoms with Gasteiger partial charge in [0.1, 0.15) is 11.5 Å². The minimum absolute atomic E-state index is 0.0144. The van der Waals surface area contributed by atoms with Crippen LogP contribution in [0.3, 0.4) is 0 Å². The van der Waals surface area contributed by atoms with Crippen LogP contribution in [-0.4, -0.2) is 34.9 Å². The van der Waals surface area contributed by atoms with Crippen molar-refractivity contribution in [1.82, 2.24) is 0 Å². The molecule has 0 radical (unpaired) electrons. The first-order valence-corrected chi connectivity index (χ1v) is 11.8. The second-order valence-corrected chi connectivity index (χ2v) is 8.44. The number of carboxylic acid groups (broad SMARTS) is 2. The lowest BCUT2D eigenvalue weighted by atomic mass is 9.95. The SMILES string of the molecule is N#Cc1ccccc1-c1ccc(C(=O)O)cc1OC(F)(F)F.O=C(O)c1ccc(C2=CC=CCC2)c(OC(F)(F)F)c1. The average molecular weight is 591 g/mol. The van der Waals surface area contributed by atoms with Gasteiger partial charge in [0.2, 0.25) is 0 Å². The molecule has 0 spiro atoms. The van der Waals surface area contributed by atoms with E-state index in [-0.39, 0.29) is 33.4 Å². The molecule has 2 N–H and O–H groups in total. The molecular formula is C29H19F6NO6. The first kappa shape index (κ1) is 31.3. The number of aromatic carboxylic acids is 2. The van der Waals surface area contributed by atoms with E-state index in [2.05, 4.69) is 9.47 Å². The molecule has 3 aromatic carbocycles. The van der Waals surface area contributed by atoms with Gasteiger partial charge in [0.05, 0.1) is 22.8 Å². The molecule has 218 valence electrons. The van der Waals surface area contributed by atoms with Gasteiger partial charge in [-0.25, -0.2) is 9.59 Å². The molecule has 1 aliphatic rings. The van der Waals surface area contributed by atoms with E-state index in [4.69, 9.17) is 15.5 Å². The summed E-state index contributed by atoms with van der Waals surface area (Å²) in [4.78, 5) is 21.7. The number of carbonyl (C=O) groups is 2. The quantitative estimate of drug-likeness (QED) is 0.281. The highest BCUT2D eigenvalue weighted by Crippen LogP contribution is 2.37. The van der Waals surface area contributed by atoms with Crippen molar-refractivity contribution in [3.05, 3.63) is 101 Å². The number of hydrogen-bond acceptors (Lipinski definition) is 5. The molecule has 0 aromatic heterocycles. The third kappa shape index (κ3) is 8.62. The minimum atomic E-state index is -4.98. The standard InChI is InChI=1S/C15H8F3NO3.C14H11F3O3/c16-15(17,18)22-13-7-9(14(20)21)5-6-12(13)11-4-2-1-3-10(11)8-19;15-14(16,17)20-12-8-10(13(18)19)6-7-11(12)9-4-2-1-3-5-9/h1-7H,(H,20,21);1-2,4,6-8H,3,5H2,(H,18,19). The van der Waals surface area contributed by atoms with E-state index in [0.29, 0.717) is 12.0 Å². The van der Waals surface area contributed by atoms with Crippen molar-refractivity contribution in [3.63, 3.8) is 0 Å². The van der Waals surface area contributed by atoms with Crippen LogP contribution in [0.4, 0.5) is 26.3 Å². The molecule has 3 aromatic rings. The maximum Gasteiger partial charge on any atom is 0.573 e. The molecule has 4 rings (SSSR count). The van der Waals surface area contributed by atoms with Crippen molar-refractivity contribution in [3.8, 4) is 28.7 Å². The number of allylic oxidation sites excluding steroid dienone is 4. The summed E-state index contributed by atoms with van der Waals surface area (Å²) >= 11 is 0. The van der Waals surface area contributed by atoms with E-state index in [1.165, 1.54) is 30.3 Å². The van der Waals surface area contributed by atoms with Gasteiger partial charge >= 0.3 is 24.7 Å². The van der Waals surface area contributed by atoms with E-state index in [1.807, 2.05) is 12.1 Å². The van der Waals surface area contributed by atoms with Crippen LogP contribution < -0.4 is 9.47 Å². The Balaban J connectivity index is 0.000000231. The number of rotatable bonds is 6. The summed E-state index contributed by atoms with van der Waals surface area (Å²) in [6.45, 7) is 0. The molecule has 42 heavy (non-hydrogen) atoms. The normalized spacial score (nSPS) is 12.7. The Kier molecular flexibility index (Phi) is 9.64. The second-order valence-electron chi connectivity index (χ2n) is 8.44. The lowest BCUT2D eigenvalue weighted by molar-refractivity contribution is -0.275. The lowest BCUT2D eigenvalue weighted by Crippen LogP contribution is -2.18. The summed E-state index contributed by atoms with van der Waals surface area (Å²) in [5.41, 5.74) is 0.705. The molecule has 13 heteroatoms. The van der Waals surface area contributed by atoms with Gasteiger partial charge in [-0.1, -0.05) is 42.5 Å². The Morgan fingerprint density at radius 3 is 1.76 bits per heavy atom. The Bertz CT molecular complexity index is 1580. The first-order chi connectivity index (χ1) is 19.7. The van der Waals surface area contributed by atoms with Crippen LogP contribution in [-0.2, 0) is 0 Å². The van der Waals surface area contributed by atoms with Crippen LogP contribution in [0.2, 0.25) is 0 Å². The monoisotopic (exact) mass is 591 g/mol. The number of hydrogen-bond donors (Lipinski definition) is 2. The van der Waals surface area contributed by atoms with Crippen molar-refractivity contribution in [1.29, 1.82) is 5.26 Å². The Morgan fingerprint density at radius 2 is 1.29 bits per heavy atom. The topological polar surface area (TPSA) is 117 Å². The number of halogens is 6. The van der Waals surface area contributed by atoms with Gasteiger partial charge in [-0.2, -0.15) is 5.26 Å². The molecule has 0 aliphatic heterocycles. The van der Waals surface area contributed by atoms with Gasteiger partial charge in [0.15, 0.2) is 0 Å². The largest absolute Gasteiger partial charge is 0.573 e. The summed E-state index contributed by atoms with van der Waals surface area (Å²) in [6.07, 6.45) is -3.19. The predicted molar refractivity (Wildman–Crippen MR) is 137 cm³/mol. The van der Waals surface area contributed by atoms with E-state index >= 15 is 0 Å². The van der Waals surface area contributed by atoms with E-state index in [9.17, 15) is 35.9 Å². The Morgan fingerprint density at radius 1 is 0.762 bits per heavy atom. The van der Waals surface area contributed by atoms with Gasteiger partial charge in [-0.15, -0.1) is 26.3 Å². The van der Waals surface area contributed by atoms with Gasteiger partial charge in [-0.3, -0.25) is 0 Å². The summed E-state index contributed by atoms with van der Waals surface area (Å²) < 4.78 is 82.7. The highest BCUT2D eigenvalue weighted by atomic mass is 19.4. The maximum atomic E-state index is 12.5. The van der Waals surface area contributed by atoms with Crippen LogP contribution in [0, 0.1) is 11.3 Å². The number of ether oxygens (including phenoxy) is 2. The zero-order valence-electron chi connectivity index (χ0n) is 21.2. The van der Waals surface area contributed by atoms with Crippen LogP contribution in [0.5, 0.6) is 11.5 Å². The number of carboxylic acids is 2. The molecule has 0 atom stereocenters. The number of nitrogens with zero attached hydrogens (tertiary/aromatic N) is 1. The molecule has 0 saturated carbocycles. The first-order valence-electron chi connectivity index (χ1n) is 11.8. The third-order valence-electron chi connectivity index (χ3n) is 5.61.